The van der Waals surface area contributed by atoms with E-state index in [0.29, 0.717) is 11.5 Å². The highest BCUT2D eigenvalue weighted by Gasteiger charge is 2.51. The highest BCUT2D eigenvalue weighted by molar-refractivity contribution is 5.60. The van der Waals surface area contributed by atoms with Crippen LogP contribution in [0.3, 0.4) is 0 Å². The molecule has 0 fully saturated rings. The summed E-state index contributed by atoms with van der Waals surface area (Å²) in [6, 6.07) is 3.74. The number of methoxy groups -OCH3 is 1. The molecular weight excluding hydrogens is 250 g/mol. The minimum Gasteiger partial charge on any atom is -0.493 e. The first kappa shape index (κ1) is 9.46. The summed E-state index contributed by atoms with van der Waals surface area (Å²) in [5.74, 6) is 0.987. The third-order valence-electron chi connectivity index (χ3n) is 4.98. The highest BCUT2D eigenvalue weighted by Crippen LogP contribution is 2.55. The number of hydrogen-bond acceptors (Lipinski definition) is 3. The van der Waals surface area contributed by atoms with Gasteiger partial charge < -0.3 is 14.4 Å². The lowest BCUT2D eigenvalue weighted by molar-refractivity contribution is 0.140. The monoisotopic (exact) mass is 274 g/mol. The second-order valence-electron chi connectivity index (χ2n) is 6.14. The minimum atomic E-state index is -2.47. The van der Waals surface area contributed by atoms with E-state index in [-0.39, 0.29) is 11.5 Å². The molecular formula is C17H21NO2. The fraction of sp³-hybridized carbons (Fsp3) is 0.529. The summed E-state index contributed by atoms with van der Waals surface area (Å²) in [4.78, 5) is 2.31. The number of allylic oxidation sites excluding steroid dienone is 1. The lowest BCUT2D eigenvalue weighted by atomic mass is 9.69. The van der Waals surface area contributed by atoms with Crippen molar-refractivity contribution in [1.82, 2.24) is 4.90 Å². The van der Waals surface area contributed by atoms with Crippen molar-refractivity contribution in [2.24, 2.45) is 0 Å². The van der Waals surface area contributed by atoms with E-state index < -0.39 is 7.04 Å². The zero-order chi connectivity index (χ0) is 16.2. The highest BCUT2D eigenvalue weighted by atomic mass is 16.5. The summed E-state index contributed by atoms with van der Waals surface area (Å²) in [5, 5.41) is 0. The fourth-order valence-electron chi connectivity index (χ4n) is 4.02. The Kier molecular flexibility index (Phi) is 2.01. The Bertz CT molecular complexity index is 671. The van der Waals surface area contributed by atoms with E-state index in [4.69, 9.17) is 13.6 Å². The van der Waals surface area contributed by atoms with Gasteiger partial charge in [-0.25, -0.2) is 0 Å². The van der Waals surface area contributed by atoms with Crippen LogP contribution in [-0.4, -0.2) is 31.6 Å². The minimum absolute atomic E-state index is 0.0779. The van der Waals surface area contributed by atoms with Gasteiger partial charge in [0.1, 0.15) is 6.10 Å². The van der Waals surface area contributed by atoms with E-state index in [1.165, 1.54) is 5.56 Å². The van der Waals surface area contributed by atoms with Crippen LogP contribution in [0.2, 0.25) is 0 Å². The average molecular weight is 274 g/mol. The molecule has 20 heavy (non-hydrogen) atoms. The Morgan fingerprint density at radius 1 is 1.50 bits per heavy atom. The standard InChI is InChI=1S/C17H21NO2/c1-18-10-9-17-8-4-3-5-14(17)20-16-13(19-2)7-6-12(11-18)15(16)17/h4,6-8,14H,3,5,9-11H2,1-2H3/t14-,17-/m0/s1/i2D3. The van der Waals surface area contributed by atoms with Gasteiger partial charge in [0.05, 0.1) is 16.6 Å². The van der Waals surface area contributed by atoms with Gasteiger partial charge in [0.2, 0.25) is 0 Å². The molecule has 1 aliphatic carbocycles. The number of nitrogens with zero attached hydrogens (tertiary/aromatic N) is 1. The molecule has 4 rings (SSSR count). The molecule has 2 aliphatic heterocycles. The molecule has 0 aromatic heterocycles. The quantitative estimate of drug-likeness (QED) is 0.735. The zero-order valence-corrected chi connectivity index (χ0v) is 11.7. The number of rotatable bonds is 1. The smallest absolute Gasteiger partial charge is 0.166 e. The maximum Gasteiger partial charge on any atom is 0.166 e. The molecule has 0 saturated carbocycles. The third kappa shape index (κ3) is 1.50. The van der Waals surface area contributed by atoms with Gasteiger partial charge >= 0.3 is 0 Å². The van der Waals surface area contributed by atoms with E-state index in [2.05, 4.69) is 24.1 Å². The van der Waals surface area contributed by atoms with Crippen molar-refractivity contribution in [3.05, 3.63) is 35.4 Å². The van der Waals surface area contributed by atoms with Crippen LogP contribution >= 0.6 is 0 Å². The molecule has 0 saturated heterocycles. The van der Waals surface area contributed by atoms with Crippen molar-refractivity contribution in [3.8, 4) is 11.5 Å². The second kappa shape index (κ2) is 4.26. The van der Waals surface area contributed by atoms with Crippen LogP contribution in [0.1, 0.15) is 34.5 Å². The summed E-state index contributed by atoms with van der Waals surface area (Å²) in [6.45, 7) is 1.84. The van der Waals surface area contributed by atoms with E-state index >= 15 is 0 Å². The lowest BCUT2D eigenvalue weighted by Crippen LogP contribution is -2.39. The van der Waals surface area contributed by atoms with Gasteiger partial charge in [-0.05, 0) is 44.5 Å². The van der Waals surface area contributed by atoms with Crippen LogP contribution in [0.4, 0.5) is 0 Å². The van der Waals surface area contributed by atoms with Crippen molar-refractivity contribution in [1.29, 1.82) is 0 Å². The molecule has 0 unspecified atom stereocenters. The first-order valence-corrected chi connectivity index (χ1v) is 7.27. The summed E-state index contributed by atoms with van der Waals surface area (Å²) >= 11 is 0. The van der Waals surface area contributed by atoms with Gasteiger partial charge in [-0.2, -0.15) is 0 Å². The number of benzene rings is 1. The average Bonchev–Trinajstić information content (AvgIpc) is 2.75. The maximum absolute atomic E-state index is 7.40. The van der Waals surface area contributed by atoms with Gasteiger partial charge in [-0.3, -0.25) is 0 Å². The van der Waals surface area contributed by atoms with Crippen LogP contribution in [0.25, 0.3) is 0 Å². The Morgan fingerprint density at radius 2 is 2.45 bits per heavy atom. The predicted molar refractivity (Wildman–Crippen MR) is 78.4 cm³/mol. The molecule has 3 aliphatic rings. The maximum atomic E-state index is 7.40. The van der Waals surface area contributed by atoms with Crippen LogP contribution in [0, 0.1) is 0 Å². The van der Waals surface area contributed by atoms with E-state index in [0.717, 1.165) is 37.9 Å². The molecule has 0 radical (unpaired) electrons. The molecule has 1 aromatic carbocycles. The molecule has 3 nitrogen and oxygen atoms in total. The van der Waals surface area contributed by atoms with Crippen LogP contribution < -0.4 is 9.47 Å². The van der Waals surface area contributed by atoms with Crippen molar-refractivity contribution in [2.45, 2.75) is 37.3 Å². The van der Waals surface area contributed by atoms with Crippen molar-refractivity contribution in [3.63, 3.8) is 0 Å². The largest absolute Gasteiger partial charge is 0.493 e. The molecule has 2 heterocycles. The first-order chi connectivity index (χ1) is 10.9. The third-order valence-corrected chi connectivity index (χ3v) is 4.98. The van der Waals surface area contributed by atoms with E-state index in [9.17, 15) is 0 Å². The molecule has 3 heteroatoms. The first-order valence-electron chi connectivity index (χ1n) is 8.77. The summed E-state index contributed by atoms with van der Waals surface area (Å²) in [6.07, 6.45) is 7.55. The molecule has 2 atom stereocenters. The number of ether oxygens (including phenoxy) is 2. The fourth-order valence-corrected chi connectivity index (χ4v) is 4.02. The number of hydrogen-bond donors (Lipinski definition) is 0. The van der Waals surface area contributed by atoms with Crippen LogP contribution in [-0.2, 0) is 12.0 Å². The van der Waals surface area contributed by atoms with Gasteiger partial charge in [-0.1, -0.05) is 18.2 Å². The molecule has 0 N–H and O–H groups in total. The topological polar surface area (TPSA) is 21.7 Å². The Morgan fingerprint density at radius 3 is 3.35 bits per heavy atom. The lowest BCUT2D eigenvalue weighted by Gasteiger charge is -2.34. The Balaban J connectivity index is 1.90. The zero-order valence-electron chi connectivity index (χ0n) is 14.7. The van der Waals surface area contributed by atoms with Gasteiger partial charge in [-0.15, -0.1) is 0 Å². The predicted octanol–water partition coefficient (Wildman–Crippen LogP) is 2.88. The van der Waals surface area contributed by atoms with Crippen molar-refractivity contribution >= 4 is 0 Å². The van der Waals surface area contributed by atoms with Crippen LogP contribution in [0.5, 0.6) is 11.5 Å². The summed E-state index contributed by atoms with van der Waals surface area (Å²) in [5.41, 5.74) is 2.22. The van der Waals surface area contributed by atoms with Gasteiger partial charge in [0.25, 0.3) is 0 Å². The Hall–Kier alpha value is -1.48. The second-order valence-corrected chi connectivity index (χ2v) is 6.14. The van der Waals surface area contributed by atoms with Crippen molar-refractivity contribution < 1.29 is 13.6 Å². The molecule has 1 aromatic rings. The summed E-state index contributed by atoms with van der Waals surface area (Å²) < 4.78 is 33.7. The van der Waals surface area contributed by atoms with E-state index in [1.807, 2.05) is 6.07 Å². The van der Waals surface area contributed by atoms with Gasteiger partial charge in [0.15, 0.2) is 11.5 Å². The van der Waals surface area contributed by atoms with Gasteiger partial charge in [0, 0.05) is 12.1 Å². The van der Waals surface area contributed by atoms with E-state index in [1.54, 1.807) is 6.07 Å². The summed E-state index contributed by atoms with van der Waals surface area (Å²) in [7, 11) is -0.342. The Labute approximate surface area is 124 Å². The normalized spacial score (nSPS) is 34.0. The molecule has 0 amide bonds. The molecule has 1 spiro atoms. The van der Waals surface area contributed by atoms with Crippen molar-refractivity contribution in [2.75, 3.05) is 20.6 Å². The molecule has 0 bridgehead atoms. The molecule has 106 valence electrons. The SMILES string of the molecule is [2H]C([2H])([2H])Oc1ccc2c3c1O[C@H]1CCC=C[C@@]31CCN(C)C2. The van der Waals surface area contributed by atoms with Crippen LogP contribution in [0.15, 0.2) is 24.3 Å².